The summed E-state index contributed by atoms with van der Waals surface area (Å²) in [5, 5.41) is 13.5. The second-order valence-electron chi connectivity index (χ2n) is 13.0. The number of phenols is 1. The summed E-state index contributed by atoms with van der Waals surface area (Å²) in [5.41, 5.74) is 4.08. The number of amides is 4. The fourth-order valence-corrected chi connectivity index (χ4v) is 9.18. The molecule has 3 fully saturated rings. The third kappa shape index (κ3) is 4.81. The normalized spacial score (nSPS) is 27.4. The van der Waals surface area contributed by atoms with E-state index in [4.69, 9.17) is 27.9 Å². The highest BCUT2D eigenvalue weighted by molar-refractivity contribution is 6.36. The molecule has 2 N–H and O–H groups in total. The van der Waals surface area contributed by atoms with Gasteiger partial charge in [-0.1, -0.05) is 71.3 Å². The Morgan fingerprint density at radius 3 is 2.45 bits per heavy atom. The molecule has 11 heteroatoms. The van der Waals surface area contributed by atoms with Crippen LogP contribution in [0.3, 0.4) is 0 Å². The molecule has 1 saturated carbocycles. The Morgan fingerprint density at radius 2 is 1.78 bits per heavy atom. The van der Waals surface area contributed by atoms with Gasteiger partial charge in [-0.15, -0.1) is 6.58 Å². The van der Waals surface area contributed by atoms with Crippen LogP contribution in [-0.2, 0) is 31.0 Å². The minimum absolute atomic E-state index is 0.0147. The number of allylic oxidation sites excluding steroid dienone is 3. The lowest BCUT2D eigenvalue weighted by Crippen LogP contribution is -2.53. The van der Waals surface area contributed by atoms with E-state index in [0.717, 1.165) is 10.6 Å². The first-order valence-electron chi connectivity index (χ1n) is 16.3. The summed E-state index contributed by atoms with van der Waals surface area (Å²) >= 11 is 12.7. The molecule has 252 valence electrons. The number of anilines is 1. The van der Waals surface area contributed by atoms with Crippen molar-refractivity contribution >= 4 is 52.5 Å². The average molecular weight is 701 g/mol. The van der Waals surface area contributed by atoms with Crippen molar-refractivity contribution in [2.45, 2.75) is 37.5 Å². The molecule has 6 atom stereocenters. The summed E-state index contributed by atoms with van der Waals surface area (Å²) in [6, 6.07) is 17.1. The molecule has 2 saturated heterocycles. The van der Waals surface area contributed by atoms with E-state index >= 15 is 4.79 Å². The van der Waals surface area contributed by atoms with Crippen LogP contribution < -0.4 is 10.2 Å². The average Bonchev–Trinajstić information content (AvgIpc) is 3.47. The minimum atomic E-state index is -1.56. The molecule has 4 aliphatic rings. The summed E-state index contributed by atoms with van der Waals surface area (Å²) < 4.78 is 5.45. The molecule has 0 radical (unpaired) electrons. The lowest BCUT2D eigenvalue weighted by atomic mass is 9.49. The van der Waals surface area contributed by atoms with Crippen molar-refractivity contribution in [2.75, 3.05) is 19.1 Å². The molecule has 7 rings (SSSR count). The number of hydrazine groups is 1. The topological polar surface area (TPSA) is 116 Å². The second kappa shape index (κ2) is 12.4. The monoisotopic (exact) mass is 699 g/mol. The molecule has 0 aromatic heterocycles. The Hall–Kier alpha value is -4.60. The largest absolute Gasteiger partial charge is 0.507 e. The van der Waals surface area contributed by atoms with Crippen molar-refractivity contribution in [3.63, 3.8) is 0 Å². The van der Waals surface area contributed by atoms with Crippen molar-refractivity contribution in [2.24, 2.45) is 23.7 Å². The maximum absolute atomic E-state index is 15.3. The fraction of sp³-hybridized carbons (Fsp3) is 0.316. The van der Waals surface area contributed by atoms with Crippen molar-refractivity contribution in [3.8, 4) is 11.5 Å². The van der Waals surface area contributed by atoms with Crippen LogP contribution in [0.2, 0.25) is 10.0 Å². The molecule has 2 aliphatic heterocycles. The number of carbonyl (C=O) groups is 4. The van der Waals surface area contributed by atoms with Gasteiger partial charge in [-0.3, -0.25) is 29.5 Å². The van der Waals surface area contributed by atoms with E-state index in [0.29, 0.717) is 46.0 Å². The van der Waals surface area contributed by atoms with Crippen LogP contribution in [-0.4, -0.2) is 52.3 Å². The quantitative estimate of drug-likeness (QED) is 0.205. The van der Waals surface area contributed by atoms with Gasteiger partial charge >= 0.3 is 0 Å². The molecular weight excluding hydrogens is 665 g/mol. The summed E-state index contributed by atoms with van der Waals surface area (Å²) in [7, 11) is 1.54. The van der Waals surface area contributed by atoms with E-state index in [1.54, 1.807) is 68.6 Å². The van der Waals surface area contributed by atoms with E-state index in [1.807, 2.05) is 12.1 Å². The predicted octanol–water partition coefficient (Wildman–Crippen LogP) is 6.44. The van der Waals surface area contributed by atoms with Crippen LogP contribution in [0.1, 0.15) is 42.4 Å². The molecule has 4 amide bonds. The first-order chi connectivity index (χ1) is 23.6. The number of nitrogens with zero attached hydrogens (tertiary/aromatic N) is 2. The molecule has 2 aliphatic carbocycles. The Bertz CT molecular complexity index is 1940. The van der Waals surface area contributed by atoms with Gasteiger partial charge in [0.1, 0.15) is 11.5 Å². The van der Waals surface area contributed by atoms with Gasteiger partial charge in [0.25, 0.3) is 11.8 Å². The van der Waals surface area contributed by atoms with Gasteiger partial charge in [-0.2, -0.15) is 5.01 Å². The first kappa shape index (κ1) is 32.9. The molecule has 49 heavy (non-hydrogen) atoms. The number of nitrogens with one attached hydrogen (secondary N) is 1. The van der Waals surface area contributed by atoms with Crippen LogP contribution >= 0.6 is 23.2 Å². The van der Waals surface area contributed by atoms with E-state index in [9.17, 15) is 19.5 Å². The number of likely N-dealkylation sites (tertiary alicyclic amines) is 1. The summed E-state index contributed by atoms with van der Waals surface area (Å²) in [6.07, 6.45) is 4.45. The Morgan fingerprint density at radius 1 is 1.02 bits per heavy atom. The number of hydrogen-bond donors (Lipinski definition) is 2. The number of carbonyl (C=O) groups excluding carboxylic acids is 4. The number of imide groups is 2. The van der Waals surface area contributed by atoms with E-state index in [1.165, 1.54) is 11.0 Å². The van der Waals surface area contributed by atoms with Gasteiger partial charge in [0, 0.05) is 23.0 Å². The van der Waals surface area contributed by atoms with Crippen LogP contribution in [0.5, 0.6) is 11.5 Å². The van der Waals surface area contributed by atoms with Gasteiger partial charge in [0.05, 0.1) is 41.0 Å². The predicted molar refractivity (Wildman–Crippen MR) is 185 cm³/mol. The van der Waals surface area contributed by atoms with Crippen molar-refractivity contribution in [1.29, 1.82) is 0 Å². The maximum atomic E-state index is 15.3. The molecule has 0 bridgehead atoms. The summed E-state index contributed by atoms with van der Waals surface area (Å²) in [5.74, 6) is -4.65. The second-order valence-corrected chi connectivity index (χ2v) is 13.8. The molecule has 3 aromatic rings. The van der Waals surface area contributed by atoms with Crippen LogP contribution in [0.4, 0.5) is 5.69 Å². The smallest absolute Gasteiger partial charge is 0.260 e. The number of para-hydroxylation sites is 1. The van der Waals surface area contributed by atoms with Crippen molar-refractivity contribution in [1.82, 2.24) is 9.91 Å². The van der Waals surface area contributed by atoms with Crippen LogP contribution in [0.25, 0.3) is 0 Å². The van der Waals surface area contributed by atoms with Gasteiger partial charge < -0.3 is 9.84 Å². The zero-order valence-corrected chi connectivity index (χ0v) is 28.5. The fourth-order valence-electron chi connectivity index (χ4n) is 8.73. The lowest BCUT2D eigenvalue weighted by Gasteiger charge is -2.50. The molecule has 9 nitrogen and oxygen atoms in total. The Labute approximate surface area is 294 Å². The highest BCUT2D eigenvalue weighted by Gasteiger charge is 2.70. The molecule has 2 heterocycles. The van der Waals surface area contributed by atoms with Crippen LogP contribution in [0, 0.1) is 23.7 Å². The minimum Gasteiger partial charge on any atom is -0.507 e. The lowest BCUT2D eigenvalue weighted by molar-refractivity contribution is -0.141. The van der Waals surface area contributed by atoms with Crippen molar-refractivity contribution in [3.05, 3.63) is 112 Å². The SMILES string of the molecule is C=CCc1cccc(C2C3=CCC4C(=O)N(CC)C(=O)C4C3CC3C(=O)N(Nc4ccc(Cl)cc4Cl)C(=O)C32c2ccc(OC)cc2)c1O. The number of halogens is 2. The number of phenolic OH excluding ortho intramolecular Hbond substituents is 1. The van der Waals surface area contributed by atoms with Crippen molar-refractivity contribution < 1.29 is 29.0 Å². The Kier molecular flexibility index (Phi) is 8.32. The van der Waals surface area contributed by atoms with E-state index < -0.39 is 46.8 Å². The zero-order valence-electron chi connectivity index (χ0n) is 27.0. The molecule has 3 aromatic carbocycles. The summed E-state index contributed by atoms with van der Waals surface area (Å²) in [6.45, 7) is 5.86. The van der Waals surface area contributed by atoms with Gasteiger partial charge in [0.15, 0.2) is 0 Å². The zero-order chi connectivity index (χ0) is 34.8. The molecular formula is C38H35Cl2N3O6. The first-order valence-corrected chi connectivity index (χ1v) is 17.0. The number of hydrogen-bond acceptors (Lipinski definition) is 7. The van der Waals surface area contributed by atoms with E-state index in [-0.39, 0.29) is 35.6 Å². The maximum Gasteiger partial charge on any atom is 0.260 e. The summed E-state index contributed by atoms with van der Waals surface area (Å²) in [4.78, 5) is 58.8. The number of fused-ring (bicyclic) bond motifs is 4. The van der Waals surface area contributed by atoms with Gasteiger partial charge in [0.2, 0.25) is 11.8 Å². The van der Waals surface area contributed by atoms with E-state index in [2.05, 4.69) is 12.0 Å². The number of benzene rings is 3. The number of methoxy groups -OCH3 is 1. The highest BCUT2D eigenvalue weighted by Crippen LogP contribution is 2.65. The number of ether oxygens (including phenoxy) is 1. The standard InChI is InChI=1S/C38H35Cl2N3O6/c1-4-7-20-8-6-9-26(33(20)44)32-24-15-16-25-31(36(47)42(5-2)34(25)45)27(24)19-28-35(46)43(41-30-17-12-22(39)18-29(30)40)37(48)38(28,32)21-10-13-23(49-3)14-11-21/h4,6,8-15,17-18,25,27-28,31-32,41,44H,1,5,7,16,19H2,2-3H3. The number of aromatic hydroxyl groups is 1. The van der Waals surface area contributed by atoms with Crippen LogP contribution in [0.15, 0.2) is 85.0 Å². The third-order valence-electron chi connectivity index (χ3n) is 10.8. The third-order valence-corrected chi connectivity index (χ3v) is 11.4. The van der Waals surface area contributed by atoms with Gasteiger partial charge in [-0.25, -0.2) is 0 Å². The molecule has 0 spiro atoms. The highest BCUT2D eigenvalue weighted by atomic mass is 35.5. The van der Waals surface area contributed by atoms with Gasteiger partial charge in [-0.05, 0) is 73.6 Å². The molecule has 6 unspecified atom stereocenters. The Balaban J connectivity index is 1.49. The number of rotatable bonds is 8.